The van der Waals surface area contributed by atoms with Crippen LogP contribution in [0.3, 0.4) is 0 Å². The number of rotatable bonds is 4. The fourth-order valence-electron chi connectivity index (χ4n) is 2.69. The molecule has 1 aromatic carbocycles. The van der Waals surface area contributed by atoms with Crippen molar-refractivity contribution in [2.24, 2.45) is 0 Å². The van der Waals surface area contributed by atoms with E-state index >= 15 is 0 Å². The number of fused-ring (bicyclic) bond motifs is 1. The molecule has 1 unspecified atom stereocenters. The summed E-state index contributed by atoms with van der Waals surface area (Å²) in [6.07, 6.45) is 0. The predicted molar refractivity (Wildman–Crippen MR) is 88.6 cm³/mol. The molecule has 0 fully saturated rings. The summed E-state index contributed by atoms with van der Waals surface area (Å²) in [5, 5.41) is 14.2. The first kappa shape index (κ1) is 15.3. The fourth-order valence-corrected chi connectivity index (χ4v) is 2.69. The van der Waals surface area contributed by atoms with Gasteiger partial charge in [-0.15, -0.1) is 0 Å². The summed E-state index contributed by atoms with van der Waals surface area (Å²) in [6, 6.07) is 8.93. The molecule has 0 saturated carbocycles. The Balaban J connectivity index is 1.85. The van der Waals surface area contributed by atoms with E-state index in [1.54, 1.807) is 25.1 Å². The van der Waals surface area contributed by atoms with Crippen molar-refractivity contribution in [2.75, 3.05) is 11.9 Å². The lowest BCUT2D eigenvalue weighted by Crippen LogP contribution is -2.32. The van der Waals surface area contributed by atoms with Crippen molar-refractivity contribution in [3.05, 3.63) is 57.8 Å². The molecule has 0 aliphatic heterocycles. The minimum absolute atomic E-state index is 0.189. The molecule has 0 saturated heterocycles. The fraction of sp³-hybridized carbons (Fsp3) is 0.294. The molecule has 120 valence electrons. The maximum atomic E-state index is 12.0. The molecular weight excluding hydrogens is 294 g/mol. The van der Waals surface area contributed by atoms with Crippen LogP contribution in [0.4, 0.5) is 5.95 Å². The van der Waals surface area contributed by atoms with Gasteiger partial charge < -0.3 is 14.8 Å². The summed E-state index contributed by atoms with van der Waals surface area (Å²) in [4.78, 5) is 19.1. The summed E-state index contributed by atoms with van der Waals surface area (Å²) in [6.45, 7) is 5.53. The van der Waals surface area contributed by atoms with Gasteiger partial charge in [0.15, 0.2) is 0 Å². The van der Waals surface area contributed by atoms with Gasteiger partial charge in [-0.25, -0.2) is 4.98 Å². The predicted octanol–water partition coefficient (Wildman–Crippen LogP) is 2.45. The number of H-pyrrole nitrogens is 1. The molecule has 3 aromatic rings. The summed E-state index contributed by atoms with van der Waals surface area (Å²) in [5.74, 6) is 1.75. The highest BCUT2D eigenvalue weighted by molar-refractivity contribution is 5.78. The number of anilines is 1. The van der Waals surface area contributed by atoms with Crippen LogP contribution >= 0.6 is 0 Å². The third-order valence-electron chi connectivity index (χ3n) is 3.83. The van der Waals surface area contributed by atoms with Crippen molar-refractivity contribution in [2.45, 2.75) is 26.4 Å². The van der Waals surface area contributed by atoms with Crippen molar-refractivity contribution in [3.63, 3.8) is 0 Å². The first-order chi connectivity index (χ1) is 10.9. The first-order valence-corrected chi connectivity index (χ1v) is 7.40. The van der Waals surface area contributed by atoms with Crippen molar-refractivity contribution in [1.82, 2.24) is 9.97 Å². The number of aromatic nitrogens is 2. The van der Waals surface area contributed by atoms with E-state index in [1.165, 1.54) is 0 Å². The Morgan fingerprint density at radius 3 is 2.78 bits per heavy atom. The van der Waals surface area contributed by atoms with Crippen LogP contribution in [0, 0.1) is 13.8 Å². The molecule has 0 aliphatic rings. The number of aliphatic hydroxyl groups is 1. The van der Waals surface area contributed by atoms with Gasteiger partial charge in [-0.3, -0.25) is 9.78 Å². The van der Waals surface area contributed by atoms with Gasteiger partial charge in [0.05, 0.1) is 17.4 Å². The van der Waals surface area contributed by atoms with E-state index in [1.807, 2.05) is 26.0 Å². The smallest absolute Gasteiger partial charge is 0.260 e. The third kappa shape index (κ3) is 2.98. The van der Waals surface area contributed by atoms with Gasteiger partial charge in [0.25, 0.3) is 5.56 Å². The number of nitrogens with zero attached hydrogens (tertiary/aromatic N) is 1. The molecule has 6 heteroatoms. The van der Waals surface area contributed by atoms with Crippen molar-refractivity contribution >= 4 is 16.9 Å². The van der Waals surface area contributed by atoms with Gasteiger partial charge in [-0.05, 0) is 39.0 Å². The molecular formula is C17H19N3O3. The second kappa shape index (κ2) is 5.55. The summed E-state index contributed by atoms with van der Waals surface area (Å²) in [7, 11) is 0. The number of para-hydroxylation sites is 1. The second-order valence-electron chi connectivity index (χ2n) is 5.89. The van der Waals surface area contributed by atoms with E-state index in [2.05, 4.69) is 15.3 Å². The topological polar surface area (TPSA) is 91.1 Å². The summed E-state index contributed by atoms with van der Waals surface area (Å²) < 4.78 is 5.47. The maximum absolute atomic E-state index is 12.0. The summed E-state index contributed by atoms with van der Waals surface area (Å²) in [5.41, 5.74) is -0.0427. The standard InChI is InChI=1S/C17H19N3O3/c1-10-8-13(11(2)23-10)17(3,22)9-18-16-19-14-7-5-4-6-12(14)15(21)20-16/h4-8,22H,9H2,1-3H3,(H2,18,19,20,21). The zero-order valence-electron chi connectivity index (χ0n) is 13.3. The highest BCUT2D eigenvalue weighted by atomic mass is 16.3. The SMILES string of the molecule is Cc1cc(C(C)(O)CNc2nc3ccccc3c(=O)[nH]2)c(C)o1. The number of hydrogen-bond donors (Lipinski definition) is 3. The van der Waals surface area contributed by atoms with E-state index in [9.17, 15) is 9.90 Å². The van der Waals surface area contributed by atoms with E-state index in [4.69, 9.17) is 4.42 Å². The highest BCUT2D eigenvalue weighted by Crippen LogP contribution is 2.27. The molecule has 0 radical (unpaired) electrons. The van der Waals surface area contributed by atoms with Crippen LogP contribution in [0.25, 0.3) is 10.9 Å². The monoisotopic (exact) mass is 313 g/mol. The quantitative estimate of drug-likeness (QED) is 0.688. The Bertz CT molecular complexity index is 909. The number of aryl methyl sites for hydroxylation is 2. The third-order valence-corrected chi connectivity index (χ3v) is 3.83. The minimum Gasteiger partial charge on any atom is -0.466 e. The Kier molecular flexibility index (Phi) is 3.69. The van der Waals surface area contributed by atoms with Crippen LogP contribution in [0.15, 0.2) is 39.5 Å². The lowest BCUT2D eigenvalue weighted by atomic mass is 9.96. The van der Waals surface area contributed by atoms with Crippen molar-refractivity contribution in [3.8, 4) is 0 Å². The molecule has 3 N–H and O–H groups in total. The number of benzene rings is 1. The van der Waals surface area contributed by atoms with E-state index in [0.29, 0.717) is 28.2 Å². The minimum atomic E-state index is -1.15. The van der Waals surface area contributed by atoms with E-state index in [0.717, 1.165) is 5.76 Å². The molecule has 0 spiro atoms. The van der Waals surface area contributed by atoms with Gasteiger partial charge in [0.2, 0.25) is 5.95 Å². The summed E-state index contributed by atoms with van der Waals surface area (Å²) >= 11 is 0. The largest absolute Gasteiger partial charge is 0.466 e. The Hall–Kier alpha value is -2.60. The van der Waals surface area contributed by atoms with Crippen LogP contribution in [-0.2, 0) is 5.60 Å². The van der Waals surface area contributed by atoms with Crippen molar-refractivity contribution < 1.29 is 9.52 Å². The molecule has 23 heavy (non-hydrogen) atoms. The molecule has 0 aliphatic carbocycles. The van der Waals surface area contributed by atoms with Gasteiger partial charge in [-0.1, -0.05) is 12.1 Å². The zero-order valence-corrected chi connectivity index (χ0v) is 13.3. The van der Waals surface area contributed by atoms with Crippen LogP contribution in [-0.4, -0.2) is 21.6 Å². The lowest BCUT2D eigenvalue weighted by Gasteiger charge is -2.23. The van der Waals surface area contributed by atoms with Gasteiger partial charge in [0.1, 0.15) is 17.1 Å². The number of nitrogens with one attached hydrogen (secondary N) is 2. The van der Waals surface area contributed by atoms with Crippen LogP contribution in [0.1, 0.15) is 24.0 Å². The van der Waals surface area contributed by atoms with E-state index < -0.39 is 5.60 Å². The maximum Gasteiger partial charge on any atom is 0.260 e. The van der Waals surface area contributed by atoms with Gasteiger partial charge >= 0.3 is 0 Å². The van der Waals surface area contributed by atoms with Gasteiger partial charge in [-0.2, -0.15) is 0 Å². The molecule has 6 nitrogen and oxygen atoms in total. The molecule has 0 amide bonds. The Morgan fingerprint density at radius 1 is 1.35 bits per heavy atom. The van der Waals surface area contributed by atoms with Gasteiger partial charge in [0, 0.05) is 5.56 Å². The average molecular weight is 313 g/mol. The number of aromatic amines is 1. The van der Waals surface area contributed by atoms with Crippen molar-refractivity contribution in [1.29, 1.82) is 0 Å². The molecule has 3 rings (SSSR count). The van der Waals surface area contributed by atoms with Crippen LogP contribution in [0.2, 0.25) is 0 Å². The zero-order chi connectivity index (χ0) is 16.6. The van der Waals surface area contributed by atoms with Crippen LogP contribution < -0.4 is 10.9 Å². The molecule has 0 bridgehead atoms. The molecule has 1 atom stereocenters. The van der Waals surface area contributed by atoms with E-state index in [-0.39, 0.29) is 12.1 Å². The number of hydrogen-bond acceptors (Lipinski definition) is 5. The first-order valence-electron chi connectivity index (χ1n) is 7.40. The molecule has 2 heterocycles. The average Bonchev–Trinajstić information content (AvgIpc) is 2.85. The Labute approximate surface area is 133 Å². The number of furan rings is 1. The molecule has 2 aromatic heterocycles. The van der Waals surface area contributed by atoms with Crippen LogP contribution in [0.5, 0.6) is 0 Å². The highest BCUT2D eigenvalue weighted by Gasteiger charge is 2.27. The normalized spacial score (nSPS) is 13.9. The second-order valence-corrected chi connectivity index (χ2v) is 5.89. The lowest BCUT2D eigenvalue weighted by molar-refractivity contribution is 0.0697. The Morgan fingerprint density at radius 2 is 2.09 bits per heavy atom.